The van der Waals surface area contributed by atoms with Gasteiger partial charge in [-0.25, -0.2) is 13.2 Å². The predicted molar refractivity (Wildman–Crippen MR) is 113 cm³/mol. The molecule has 1 aromatic heterocycles. The first kappa shape index (κ1) is 21.8. The number of hydrogen-bond acceptors (Lipinski definition) is 5. The highest BCUT2D eigenvalue weighted by atomic mass is 32.2. The minimum atomic E-state index is -4.02. The number of benzene rings is 2. The van der Waals surface area contributed by atoms with Crippen LogP contribution in [0.4, 0.5) is 0 Å². The highest BCUT2D eigenvalue weighted by Crippen LogP contribution is 2.19. The summed E-state index contributed by atoms with van der Waals surface area (Å²) < 4.78 is 34.6. The zero-order valence-corrected chi connectivity index (χ0v) is 18.1. The van der Waals surface area contributed by atoms with E-state index in [4.69, 9.17) is 4.42 Å². The second-order valence-electron chi connectivity index (χ2n) is 7.60. The van der Waals surface area contributed by atoms with Gasteiger partial charge in [-0.15, -0.1) is 0 Å². The van der Waals surface area contributed by atoms with E-state index in [2.05, 4.69) is 10.0 Å². The average molecular weight is 432 g/mol. The minimum absolute atomic E-state index is 0.0821. The average Bonchev–Trinajstić information content (AvgIpc) is 2.98. The van der Waals surface area contributed by atoms with Gasteiger partial charge in [-0.05, 0) is 30.5 Å². The molecular weight excluding hydrogens is 406 g/mol. The Bertz CT molecular complexity index is 1220. The molecule has 0 spiro atoms. The Morgan fingerprint density at radius 2 is 1.80 bits per heavy atom. The van der Waals surface area contributed by atoms with Crippen molar-refractivity contribution in [3.05, 3.63) is 64.1 Å². The van der Waals surface area contributed by atoms with Crippen LogP contribution in [-0.4, -0.2) is 24.9 Å². The summed E-state index contributed by atoms with van der Waals surface area (Å²) in [5, 5.41) is 2.79. The summed E-state index contributed by atoms with van der Waals surface area (Å²) >= 11 is 0. The molecular formula is C21H25N3O5S. The van der Waals surface area contributed by atoms with Crippen molar-refractivity contribution < 1.29 is 17.6 Å². The van der Waals surface area contributed by atoms with E-state index in [0.29, 0.717) is 12.1 Å². The number of oxazole rings is 1. The Labute approximate surface area is 174 Å². The first-order chi connectivity index (χ1) is 14.1. The fraction of sp³-hybridized carbons (Fsp3) is 0.333. The molecule has 1 heterocycles. The van der Waals surface area contributed by atoms with Gasteiger partial charge in [-0.3, -0.25) is 9.36 Å². The van der Waals surface area contributed by atoms with E-state index in [1.54, 1.807) is 13.8 Å². The summed E-state index contributed by atoms with van der Waals surface area (Å²) in [5.41, 5.74) is 2.68. The van der Waals surface area contributed by atoms with Crippen LogP contribution in [0.1, 0.15) is 25.0 Å². The molecule has 0 fully saturated rings. The Morgan fingerprint density at radius 1 is 1.13 bits per heavy atom. The van der Waals surface area contributed by atoms with Gasteiger partial charge < -0.3 is 9.73 Å². The van der Waals surface area contributed by atoms with E-state index in [0.717, 1.165) is 11.1 Å². The number of aromatic nitrogens is 1. The maximum absolute atomic E-state index is 12.9. The zero-order chi connectivity index (χ0) is 22.1. The van der Waals surface area contributed by atoms with Crippen LogP contribution in [0.3, 0.4) is 0 Å². The van der Waals surface area contributed by atoms with E-state index in [1.807, 2.05) is 31.2 Å². The van der Waals surface area contributed by atoms with Crippen LogP contribution < -0.4 is 15.8 Å². The summed E-state index contributed by atoms with van der Waals surface area (Å²) in [4.78, 5) is 24.3. The fourth-order valence-electron chi connectivity index (χ4n) is 3.01. The van der Waals surface area contributed by atoms with Crippen LogP contribution in [0.25, 0.3) is 11.1 Å². The van der Waals surface area contributed by atoms with Gasteiger partial charge in [0.25, 0.3) is 0 Å². The normalized spacial score (nSPS) is 13.0. The molecule has 2 aromatic carbocycles. The van der Waals surface area contributed by atoms with Crippen molar-refractivity contribution in [2.45, 2.75) is 38.3 Å². The third-order valence-corrected chi connectivity index (χ3v) is 6.33. The van der Waals surface area contributed by atoms with E-state index >= 15 is 0 Å². The molecule has 9 heteroatoms. The van der Waals surface area contributed by atoms with Crippen LogP contribution in [0.2, 0.25) is 0 Å². The Balaban J connectivity index is 1.78. The van der Waals surface area contributed by atoms with Crippen molar-refractivity contribution >= 4 is 27.0 Å². The third-order valence-electron chi connectivity index (χ3n) is 4.89. The van der Waals surface area contributed by atoms with Gasteiger partial charge in [-0.1, -0.05) is 43.7 Å². The number of carbonyl (C=O) groups is 1. The smallest absolute Gasteiger partial charge is 0.408 e. The number of hydrogen-bond donors (Lipinski definition) is 2. The van der Waals surface area contributed by atoms with Crippen molar-refractivity contribution in [2.75, 3.05) is 0 Å². The number of nitrogens with zero attached hydrogens (tertiary/aromatic N) is 1. The maximum Gasteiger partial charge on any atom is 0.419 e. The van der Waals surface area contributed by atoms with Gasteiger partial charge in [0.05, 0.1) is 10.4 Å². The van der Waals surface area contributed by atoms with Crippen molar-refractivity contribution in [1.29, 1.82) is 0 Å². The third kappa shape index (κ3) is 4.63. The number of rotatable bonds is 7. The molecule has 3 rings (SSSR count). The molecule has 2 N–H and O–H groups in total. The first-order valence-electron chi connectivity index (χ1n) is 9.53. The number of carbonyl (C=O) groups excluding carboxylic acids is 1. The standard InChI is InChI=1S/C21H25N3O5S/c1-13(2)19(20(25)22-12-15-7-5-14(3)6-8-15)23-30(27,28)16-9-10-17-18(11-16)29-21(26)24(17)4/h5-11,13,19,23H,12H2,1-4H3,(H,22,25). The number of nitrogens with one attached hydrogen (secondary N) is 2. The molecule has 1 atom stereocenters. The predicted octanol–water partition coefficient (Wildman–Crippen LogP) is 2.06. The Kier molecular flexibility index (Phi) is 6.14. The van der Waals surface area contributed by atoms with E-state index in [-0.39, 0.29) is 16.4 Å². The van der Waals surface area contributed by atoms with Gasteiger partial charge in [-0.2, -0.15) is 4.72 Å². The van der Waals surface area contributed by atoms with E-state index in [9.17, 15) is 18.0 Å². The molecule has 160 valence electrons. The van der Waals surface area contributed by atoms with Crippen LogP contribution in [0.5, 0.6) is 0 Å². The van der Waals surface area contributed by atoms with Gasteiger partial charge in [0, 0.05) is 19.7 Å². The zero-order valence-electron chi connectivity index (χ0n) is 17.3. The molecule has 30 heavy (non-hydrogen) atoms. The van der Waals surface area contributed by atoms with Crippen LogP contribution in [-0.2, 0) is 28.4 Å². The number of sulfonamides is 1. The summed E-state index contributed by atoms with van der Waals surface area (Å²) in [6.45, 7) is 5.80. The summed E-state index contributed by atoms with van der Waals surface area (Å²) in [5.74, 6) is -1.28. The molecule has 0 aliphatic carbocycles. The van der Waals surface area contributed by atoms with E-state index in [1.165, 1.54) is 29.8 Å². The largest absolute Gasteiger partial charge is 0.419 e. The van der Waals surface area contributed by atoms with Crippen molar-refractivity contribution in [3.8, 4) is 0 Å². The van der Waals surface area contributed by atoms with Crippen molar-refractivity contribution in [2.24, 2.45) is 13.0 Å². The minimum Gasteiger partial charge on any atom is -0.408 e. The Morgan fingerprint density at radius 3 is 2.43 bits per heavy atom. The van der Waals surface area contributed by atoms with Crippen LogP contribution in [0, 0.1) is 12.8 Å². The van der Waals surface area contributed by atoms with Gasteiger partial charge >= 0.3 is 5.76 Å². The molecule has 0 aliphatic rings. The number of aryl methyl sites for hydroxylation is 2. The molecule has 8 nitrogen and oxygen atoms in total. The molecule has 3 aromatic rings. The molecule has 1 amide bonds. The second kappa shape index (κ2) is 8.45. The summed E-state index contributed by atoms with van der Waals surface area (Å²) in [7, 11) is -2.48. The second-order valence-corrected chi connectivity index (χ2v) is 9.32. The van der Waals surface area contributed by atoms with Gasteiger partial charge in [0.2, 0.25) is 15.9 Å². The highest BCUT2D eigenvalue weighted by Gasteiger charge is 2.28. The SMILES string of the molecule is Cc1ccc(CNC(=O)C(NS(=O)(=O)c2ccc3c(c2)oc(=O)n3C)C(C)C)cc1. The van der Waals surface area contributed by atoms with Crippen LogP contribution in [0.15, 0.2) is 56.6 Å². The number of amides is 1. The Hall–Kier alpha value is -2.91. The number of fused-ring (bicyclic) bond motifs is 1. The van der Waals surface area contributed by atoms with Gasteiger partial charge in [0.15, 0.2) is 5.58 Å². The lowest BCUT2D eigenvalue weighted by molar-refractivity contribution is -0.123. The summed E-state index contributed by atoms with van der Waals surface area (Å²) in [6.07, 6.45) is 0. The molecule has 0 radical (unpaired) electrons. The molecule has 1 unspecified atom stereocenters. The fourth-order valence-corrected chi connectivity index (χ4v) is 4.37. The molecule has 0 aliphatic heterocycles. The quantitative estimate of drug-likeness (QED) is 0.595. The lowest BCUT2D eigenvalue weighted by Gasteiger charge is -2.21. The molecule has 0 bridgehead atoms. The van der Waals surface area contributed by atoms with E-state index < -0.39 is 27.7 Å². The van der Waals surface area contributed by atoms with Gasteiger partial charge in [0.1, 0.15) is 6.04 Å². The van der Waals surface area contributed by atoms with Crippen LogP contribution >= 0.6 is 0 Å². The van der Waals surface area contributed by atoms with Crippen molar-refractivity contribution in [1.82, 2.24) is 14.6 Å². The lowest BCUT2D eigenvalue weighted by Crippen LogP contribution is -2.49. The lowest BCUT2D eigenvalue weighted by atomic mass is 10.0. The molecule has 0 saturated carbocycles. The molecule has 0 saturated heterocycles. The maximum atomic E-state index is 12.9. The first-order valence-corrected chi connectivity index (χ1v) is 11.0. The topological polar surface area (TPSA) is 110 Å². The monoisotopic (exact) mass is 431 g/mol. The van der Waals surface area contributed by atoms with Crippen molar-refractivity contribution in [3.63, 3.8) is 0 Å². The highest BCUT2D eigenvalue weighted by molar-refractivity contribution is 7.89. The summed E-state index contributed by atoms with van der Waals surface area (Å²) in [6, 6.07) is 10.9.